The molecule has 2 aliphatic rings. The second-order valence-corrected chi connectivity index (χ2v) is 10.5. The number of aromatic nitrogens is 2. The first kappa shape index (κ1) is 25.2. The smallest absolute Gasteiger partial charge is 0.261 e. The van der Waals surface area contributed by atoms with Crippen molar-refractivity contribution in [1.29, 1.82) is 0 Å². The largest absolute Gasteiger partial charge is 0.379 e. The molecule has 11 heteroatoms. The minimum atomic E-state index is -3.60. The van der Waals surface area contributed by atoms with E-state index < -0.39 is 15.9 Å². The van der Waals surface area contributed by atoms with Gasteiger partial charge in [0, 0.05) is 37.2 Å². The Bertz CT molecular complexity index is 1150. The molecular weight excluding hydrogens is 468 g/mol. The summed E-state index contributed by atoms with van der Waals surface area (Å²) < 4.78 is 32.3. The summed E-state index contributed by atoms with van der Waals surface area (Å²) in [6, 6.07) is 6.15. The molecule has 2 aromatic rings. The predicted molar refractivity (Wildman–Crippen MR) is 135 cm³/mol. The summed E-state index contributed by atoms with van der Waals surface area (Å²) >= 11 is 0. The Balaban J connectivity index is 1.52. The fourth-order valence-corrected chi connectivity index (χ4v) is 5.41. The number of hydrogen-bond donors (Lipinski definition) is 2. The second kappa shape index (κ2) is 11.7. The van der Waals surface area contributed by atoms with E-state index >= 15 is 0 Å². The first-order valence-corrected chi connectivity index (χ1v) is 13.6. The Morgan fingerprint density at radius 3 is 2.51 bits per heavy atom. The van der Waals surface area contributed by atoms with Gasteiger partial charge in [0.1, 0.15) is 5.56 Å². The van der Waals surface area contributed by atoms with E-state index in [2.05, 4.69) is 27.5 Å². The highest BCUT2D eigenvalue weighted by Gasteiger charge is 2.26. The van der Waals surface area contributed by atoms with Gasteiger partial charge in [-0.2, -0.15) is 9.29 Å². The summed E-state index contributed by atoms with van der Waals surface area (Å²) in [4.78, 5) is 26.8. The van der Waals surface area contributed by atoms with Crippen molar-refractivity contribution < 1.29 is 17.9 Å². The number of hydrogen-bond acceptors (Lipinski definition) is 8. The van der Waals surface area contributed by atoms with Gasteiger partial charge in [-0.05, 0) is 56.4 Å². The average molecular weight is 501 g/mol. The maximum atomic E-state index is 13.1. The lowest BCUT2D eigenvalue weighted by atomic mass is 9.98. The molecule has 1 aliphatic heterocycles. The minimum absolute atomic E-state index is 0.177. The van der Waals surface area contributed by atoms with Crippen LogP contribution in [0.2, 0.25) is 0 Å². The topological polar surface area (TPSA) is 126 Å². The molecule has 1 saturated heterocycles. The van der Waals surface area contributed by atoms with E-state index in [1.807, 2.05) is 0 Å². The Morgan fingerprint density at radius 1 is 1.11 bits per heavy atom. The number of rotatable bonds is 8. The molecule has 0 radical (unpaired) electrons. The summed E-state index contributed by atoms with van der Waals surface area (Å²) in [6.45, 7) is 4.20. The van der Waals surface area contributed by atoms with E-state index in [4.69, 9.17) is 9.73 Å². The molecule has 2 N–H and O–H groups in total. The summed E-state index contributed by atoms with van der Waals surface area (Å²) in [5.74, 6) is 0.390. The van der Waals surface area contributed by atoms with Crippen molar-refractivity contribution in [2.45, 2.75) is 50.3 Å². The highest BCUT2D eigenvalue weighted by molar-refractivity contribution is 7.89. The molecule has 0 bridgehead atoms. The number of carbonyl (C=O) groups excluding carboxylic acids is 1. The lowest BCUT2D eigenvalue weighted by Gasteiger charge is -2.26. The fourth-order valence-electron chi connectivity index (χ4n) is 4.01. The third-order valence-corrected chi connectivity index (χ3v) is 7.87. The average Bonchev–Trinajstić information content (AvgIpc) is 2.89. The highest BCUT2D eigenvalue weighted by Crippen LogP contribution is 2.24. The van der Waals surface area contributed by atoms with E-state index in [0.29, 0.717) is 43.8 Å². The molecule has 1 aliphatic carbocycles. The van der Waals surface area contributed by atoms with Gasteiger partial charge in [-0.3, -0.25) is 4.79 Å². The number of anilines is 2. The summed E-state index contributed by atoms with van der Waals surface area (Å²) in [7, 11) is -3.60. The molecule has 0 spiro atoms. The zero-order valence-electron chi connectivity index (χ0n) is 20.0. The maximum absolute atomic E-state index is 13.1. The van der Waals surface area contributed by atoms with Crippen molar-refractivity contribution in [2.24, 2.45) is 4.99 Å². The molecule has 0 unspecified atom stereocenters. The van der Waals surface area contributed by atoms with Crippen molar-refractivity contribution in [3.8, 4) is 0 Å². The monoisotopic (exact) mass is 500 g/mol. The molecule has 10 nitrogen and oxygen atoms in total. The zero-order valence-corrected chi connectivity index (χ0v) is 20.8. The molecule has 1 saturated carbocycles. The van der Waals surface area contributed by atoms with Crippen molar-refractivity contribution in [1.82, 2.24) is 14.3 Å². The molecule has 1 aromatic carbocycles. The maximum Gasteiger partial charge on any atom is 0.261 e. The van der Waals surface area contributed by atoms with Gasteiger partial charge < -0.3 is 15.4 Å². The Kier molecular flexibility index (Phi) is 8.42. The van der Waals surface area contributed by atoms with Crippen molar-refractivity contribution in [2.75, 3.05) is 43.5 Å². The molecule has 0 atom stereocenters. The molecule has 188 valence electrons. The van der Waals surface area contributed by atoms with Crippen molar-refractivity contribution in [3.63, 3.8) is 0 Å². The first-order valence-electron chi connectivity index (χ1n) is 12.1. The van der Waals surface area contributed by atoms with Crippen LogP contribution in [0.15, 0.2) is 40.4 Å². The van der Waals surface area contributed by atoms with Crippen LogP contribution in [0.4, 0.5) is 17.5 Å². The second-order valence-electron chi connectivity index (χ2n) is 8.59. The third kappa shape index (κ3) is 6.41. The molecule has 1 amide bonds. The minimum Gasteiger partial charge on any atom is -0.379 e. The van der Waals surface area contributed by atoms with Gasteiger partial charge in [0.25, 0.3) is 5.91 Å². The van der Waals surface area contributed by atoms with Crippen LogP contribution < -0.4 is 10.6 Å². The molecular formula is C24H32N6O4S. The summed E-state index contributed by atoms with van der Waals surface area (Å²) in [5, 5.41) is 5.96. The van der Waals surface area contributed by atoms with E-state index in [0.717, 1.165) is 44.4 Å². The van der Waals surface area contributed by atoms with E-state index in [-0.39, 0.29) is 10.5 Å². The Morgan fingerprint density at radius 2 is 1.83 bits per heavy atom. The van der Waals surface area contributed by atoms with Crippen LogP contribution in [0, 0.1) is 0 Å². The standard InChI is InChI=1S/C24H32N6O4S/c1-2-12-25-24-26-17-21(22(29-24)27-18-6-4-3-5-7-18)23(31)28-19-8-10-20(11-9-19)35(32,33)30-13-15-34-16-14-30/h8-11,17H,2-7,12-16H2,1H3,(H,28,31)(H,25,26,29). The van der Waals surface area contributed by atoms with Crippen LogP contribution in [-0.4, -0.2) is 67.2 Å². The van der Waals surface area contributed by atoms with Crippen LogP contribution >= 0.6 is 0 Å². The van der Waals surface area contributed by atoms with Crippen molar-refractivity contribution in [3.05, 3.63) is 36.0 Å². The van der Waals surface area contributed by atoms with Gasteiger partial charge in [-0.15, -0.1) is 0 Å². The SMILES string of the molecule is CCCNc1ncc(C(=O)Nc2ccc(S(=O)(=O)N3CCOCC3)cc2)c(N=C2CCCCC2)n1. The summed E-state index contributed by atoms with van der Waals surface area (Å²) in [6.07, 6.45) is 7.59. The number of nitrogens with zero attached hydrogens (tertiary/aromatic N) is 4. The van der Waals surface area contributed by atoms with Gasteiger partial charge in [-0.1, -0.05) is 13.3 Å². The van der Waals surface area contributed by atoms with Crippen LogP contribution in [0.5, 0.6) is 0 Å². The van der Waals surface area contributed by atoms with Gasteiger partial charge in [0.05, 0.1) is 18.1 Å². The van der Waals surface area contributed by atoms with Crippen LogP contribution in [0.3, 0.4) is 0 Å². The lowest BCUT2D eigenvalue weighted by molar-refractivity contribution is 0.0730. The van der Waals surface area contributed by atoms with Gasteiger partial charge >= 0.3 is 0 Å². The zero-order chi connectivity index (χ0) is 24.7. The Hall–Kier alpha value is -2.89. The molecule has 1 aromatic heterocycles. The number of amides is 1. The van der Waals surface area contributed by atoms with Gasteiger partial charge in [-0.25, -0.2) is 18.4 Å². The van der Waals surface area contributed by atoms with Crippen LogP contribution in [-0.2, 0) is 14.8 Å². The quantitative estimate of drug-likeness (QED) is 0.567. The number of nitrogens with one attached hydrogen (secondary N) is 2. The predicted octanol–water partition coefficient (Wildman–Crippen LogP) is 3.61. The lowest BCUT2D eigenvalue weighted by Crippen LogP contribution is -2.40. The van der Waals surface area contributed by atoms with E-state index in [9.17, 15) is 13.2 Å². The molecule has 2 fully saturated rings. The molecule has 35 heavy (non-hydrogen) atoms. The van der Waals surface area contributed by atoms with E-state index in [1.165, 1.54) is 29.1 Å². The van der Waals surface area contributed by atoms with Gasteiger partial charge in [0.2, 0.25) is 16.0 Å². The fraction of sp³-hybridized carbons (Fsp3) is 0.500. The first-order chi connectivity index (χ1) is 17.0. The number of aliphatic imine (C=N–C) groups is 1. The number of benzene rings is 1. The summed E-state index contributed by atoms with van der Waals surface area (Å²) in [5.41, 5.74) is 1.79. The van der Waals surface area contributed by atoms with Crippen LogP contribution in [0.25, 0.3) is 0 Å². The van der Waals surface area contributed by atoms with Crippen molar-refractivity contribution >= 4 is 39.1 Å². The number of sulfonamides is 1. The highest BCUT2D eigenvalue weighted by atomic mass is 32.2. The Labute approximate surface area is 206 Å². The molecule has 2 heterocycles. The van der Waals surface area contributed by atoms with Gasteiger partial charge in [0.15, 0.2) is 5.82 Å². The third-order valence-electron chi connectivity index (χ3n) is 5.96. The number of morpholine rings is 1. The number of ether oxygens (including phenoxy) is 1. The number of carbonyl (C=O) groups is 1. The van der Waals surface area contributed by atoms with E-state index in [1.54, 1.807) is 12.1 Å². The van der Waals surface area contributed by atoms with Crippen LogP contribution in [0.1, 0.15) is 55.8 Å². The molecule has 4 rings (SSSR count). The normalized spacial score (nSPS) is 17.1.